The maximum absolute atomic E-state index is 13.1. The van der Waals surface area contributed by atoms with E-state index in [-0.39, 0.29) is 18.1 Å². The number of aliphatic hydroxyl groups is 1. The number of rotatable bonds is 3. The van der Waals surface area contributed by atoms with Crippen molar-refractivity contribution in [2.24, 2.45) is 0 Å². The Labute approximate surface area is 182 Å². The zero-order chi connectivity index (χ0) is 21.5. The van der Waals surface area contributed by atoms with Crippen molar-refractivity contribution in [1.82, 2.24) is 4.98 Å². The van der Waals surface area contributed by atoms with E-state index in [9.17, 15) is 14.7 Å². The van der Waals surface area contributed by atoms with E-state index in [1.807, 2.05) is 0 Å². The molecule has 1 aromatic heterocycles. The third-order valence-corrected chi connectivity index (χ3v) is 5.45. The Morgan fingerprint density at radius 3 is 2.58 bits per heavy atom. The number of hydrogen-bond donors (Lipinski definition) is 1. The number of ketones is 1. The molecule has 8 heteroatoms. The van der Waals surface area contributed by atoms with E-state index in [1.54, 1.807) is 60.8 Å². The predicted molar refractivity (Wildman–Crippen MR) is 113 cm³/mol. The van der Waals surface area contributed by atoms with E-state index >= 15 is 0 Å². The molecular weight excluding hydrogens is 420 g/mol. The summed E-state index contributed by atoms with van der Waals surface area (Å²) in [7, 11) is 0. The summed E-state index contributed by atoms with van der Waals surface area (Å²) in [6.07, 6.45) is 3.07. The maximum atomic E-state index is 13.1. The average molecular weight is 435 g/mol. The Balaban J connectivity index is 1.72. The van der Waals surface area contributed by atoms with Gasteiger partial charge in [-0.1, -0.05) is 17.7 Å². The van der Waals surface area contributed by atoms with Crippen molar-refractivity contribution in [2.45, 2.75) is 6.04 Å². The molecule has 0 bridgehead atoms. The SMILES string of the molecule is O=C1C(=O)N(c2cccnc2)C(c2ccc3c(c2)OCO3)/C1=C(/O)c1ccc(Cl)cc1. The Kier molecular flexibility index (Phi) is 4.60. The van der Waals surface area contributed by atoms with E-state index < -0.39 is 17.7 Å². The molecule has 31 heavy (non-hydrogen) atoms. The topological polar surface area (TPSA) is 89.0 Å². The standard InChI is InChI=1S/C23H15ClN2O5/c24-15-6-3-13(4-7-15)21(27)19-20(14-5-8-17-18(10-14)31-12-30-17)26(23(29)22(19)28)16-2-1-9-25-11-16/h1-11,20,27H,12H2/b21-19-. The van der Waals surface area contributed by atoms with Gasteiger partial charge in [-0.3, -0.25) is 19.5 Å². The first-order valence-electron chi connectivity index (χ1n) is 9.41. The number of hydrogen-bond acceptors (Lipinski definition) is 6. The van der Waals surface area contributed by atoms with Crippen LogP contribution in [-0.2, 0) is 9.59 Å². The molecule has 0 saturated carbocycles. The molecule has 2 aliphatic rings. The molecule has 2 aromatic carbocycles. The molecule has 5 rings (SSSR count). The summed E-state index contributed by atoms with van der Waals surface area (Å²) >= 11 is 5.95. The molecule has 2 aliphatic heterocycles. The van der Waals surface area contributed by atoms with Crippen molar-refractivity contribution >= 4 is 34.7 Å². The van der Waals surface area contributed by atoms with Crippen LogP contribution in [0.15, 0.2) is 72.6 Å². The van der Waals surface area contributed by atoms with Crippen molar-refractivity contribution in [1.29, 1.82) is 0 Å². The second-order valence-electron chi connectivity index (χ2n) is 7.00. The molecule has 154 valence electrons. The highest BCUT2D eigenvalue weighted by Gasteiger charge is 2.47. The number of amides is 1. The fraction of sp³-hybridized carbons (Fsp3) is 0.0870. The molecule has 1 atom stereocenters. The van der Waals surface area contributed by atoms with Crippen LogP contribution >= 0.6 is 11.6 Å². The monoisotopic (exact) mass is 434 g/mol. The van der Waals surface area contributed by atoms with Crippen LogP contribution in [0.4, 0.5) is 5.69 Å². The quantitative estimate of drug-likeness (QED) is 0.379. The number of aliphatic hydroxyl groups excluding tert-OH is 1. The van der Waals surface area contributed by atoms with E-state index in [1.165, 1.54) is 11.1 Å². The number of carbonyl (C=O) groups is 2. The lowest BCUT2D eigenvalue weighted by Crippen LogP contribution is -2.29. The van der Waals surface area contributed by atoms with Crippen molar-refractivity contribution in [2.75, 3.05) is 11.7 Å². The number of nitrogens with zero attached hydrogens (tertiary/aromatic N) is 2. The van der Waals surface area contributed by atoms with Gasteiger partial charge in [-0.15, -0.1) is 0 Å². The Bertz CT molecular complexity index is 1220. The highest BCUT2D eigenvalue weighted by atomic mass is 35.5. The number of anilines is 1. The van der Waals surface area contributed by atoms with Crippen LogP contribution in [0.1, 0.15) is 17.2 Å². The predicted octanol–water partition coefficient (Wildman–Crippen LogP) is 4.09. The summed E-state index contributed by atoms with van der Waals surface area (Å²) < 4.78 is 10.8. The lowest BCUT2D eigenvalue weighted by Gasteiger charge is -2.25. The average Bonchev–Trinajstić information content (AvgIpc) is 3.36. The molecular formula is C23H15ClN2O5. The first-order chi connectivity index (χ1) is 15.0. The van der Waals surface area contributed by atoms with Crippen LogP contribution in [-0.4, -0.2) is 28.6 Å². The van der Waals surface area contributed by atoms with Gasteiger partial charge in [0.25, 0.3) is 11.7 Å². The smallest absolute Gasteiger partial charge is 0.300 e. The largest absolute Gasteiger partial charge is 0.507 e. The Hall–Kier alpha value is -3.84. The molecule has 3 aromatic rings. The highest BCUT2D eigenvalue weighted by Crippen LogP contribution is 2.44. The zero-order valence-electron chi connectivity index (χ0n) is 16.0. The van der Waals surface area contributed by atoms with E-state index in [0.29, 0.717) is 33.3 Å². The number of Topliss-reactive ketones (excluding diaryl/α,β-unsaturated/α-hetero) is 1. The molecule has 1 N–H and O–H groups in total. The van der Waals surface area contributed by atoms with Gasteiger partial charge in [0.05, 0.1) is 23.5 Å². The second kappa shape index (κ2) is 7.45. The van der Waals surface area contributed by atoms with Gasteiger partial charge < -0.3 is 14.6 Å². The van der Waals surface area contributed by atoms with Gasteiger partial charge >= 0.3 is 0 Å². The van der Waals surface area contributed by atoms with Gasteiger partial charge in [-0.2, -0.15) is 0 Å². The van der Waals surface area contributed by atoms with Gasteiger partial charge in [0.2, 0.25) is 6.79 Å². The van der Waals surface area contributed by atoms with Gasteiger partial charge in [0.15, 0.2) is 11.5 Å². The number of pyridine rings is 1. The van der Waals surface area contributed by atoms with Gasteiger partial charge in [-0.05, 0) is 54.1 Å². The summed E-state index contributed by atoms with van der Waals surface area (Å²) in [5, 5.41) is 11.5. The summed E-state index contributed by atoms with van der Waals surface area (Å²) in [6, 6.07) is 14.0. The maximum Gasteiger partial charge on any atom is 0.300 e. The van der Waals surface area contributed by atoms with E-state index in [0.717, 1.165) is 0 Å². The van der Waals surface area contributed by atoms with Crippen LogP contribution in [0.5, 0.6) is 11.5 Å². The van der Waals surface area contributed by atoms with Crippen LogP contribution in [0.2, 0.25) is 5.02 Å². The van der Waals surface area contributed by atoms with Gasteiger partial charge in [0.1, 0.15) is 5.76 Å². The minimum Gasteiger partial charge on any atom is -0.507 e. The van der Waals surface area contributed by atoms with Crippen LogP contribution in [0.3, 0.4) is 0 Å². The fourth-order valence-electron chi connectivity index (χ4n) is 3.76. The molecule has 7 nitrogen and oxygen atoms in total. The number of aromatic nitrogens is 1. The molecule has 0 spiro atoms. The number of carbonyl (C=O) groups excluding carboxylic acids is 2. The van der Waals surface area contributed by atoms with Crippen LogP contribution in [0, 0.1) is 0 Å². The number of halogens is 1. The van der Waals surface area contributed by atoms with Crippen molar-refractivity contribution in [3.05, 3.63) is 88.7 Å². The zero-order valence-corrected chi connectivity index (χ0v) is 16.7. The highest BCUT2D eigenvalue weighted by molar-refractivity contribution is 6.51. The molecule has 3 heterocycles. The molecule has 1 fully saturated rings. The second-order valence-corrected chi connectivity index (χ2v) is 7.44. The normalized spacial score (nSPS) is 19.1. The van der Waals surface area contributed by atoms with Crippen molar-refractivity contribution in [3.8, 4) is 11.5 Å². The minimum atomic E-state index is -0.880. The molecule has 1 amide bonds. The summed E-state index contributed by atoms with van der Waals surface area (Å²) in [5.74, 6) is -0.769. The molecule has 0 aliphatic carbocycles. The van der Waals surface area contributed by atoms with E-state index in [4.69, 9.17) is 21.1 Å². The van der Waals surface area contributed by atoms with E-state index in [2.05, 4.69) is 4.98 Å². The Morgan fingerprint density at radius 1 is 1.06 bits per heavy atom. The lowest BCUT2D eigenvalue weighted by atomic mass is 9.95. The minimum absolute atomic E-state index is 0.0324. The molecule has 1 unspecified atom stereocenters. The van der Waals surface area contributed by atoms with Gasteiger partial charge in [-0.25, -0.2) is 0 Å². The number of fused-ring (bicyclic) bond motifs is 1. The summed E-state index contributed by atoms with van der Waals surface area (Å²) in [5.41, 5.74) is 1.36. The number of benzene rings is 2. The lowest BCUT2D eigenvalue weighted by molar-refractivity contribution is -0.132. The first-order valence-corrected chi connectivity index (χ1v) is 9.79. The molecule has 1 saturated heterocycles. The molecule has 0 radical (unpaired) electrons. The Morgan fingerprint density at radius 2 is 1.84 bits per heavy atom. The fourth-order valence-corrected chi connectivity index (χ4v) is 3.88. The van der Waals surface area contributed by atoms with Crippen LogP contribution < -0.4 is 14.4 Å². The third kappa shape index (κ3) is 3.19. The van der Waals surface area contributed by atoms with Crippen LogP contribution in [0.25, 0.3) is 5.76 Å². The number of ether oxygens (including phenoxy) is 2. The van der Waals surface area contributed by atoms with Crippen molar-refractivity contribution < 1.29 is 24.2 Å². The summed E-state index contributed by atoms with van der Waals surface area (Å²) in [6.45, 7) is 0.0896. The van der Waals surface area contributed by atoms with Gasteiger partial charge in [0, 0.05) is 16.8 Å². The summed E-state index contributed by atoms with van der Waals surface area (Å²) in [4.78, 5) is 31.5. The third-order valence-electron chi connectivity index (χ3n) is 5.20. The van der Waals surface area contributed by atoms with Crippen molar-refractivity contribution in [3.63, 3.8) is 0 Å². The first kappa shape index (κ1) is 19.1.